The zero-order valence-electron chi connectivity index (χ0n) is 6.77. The van der Waals surface area contributed by atoms with Gasteiger partial charge in [-0.25, -0.2) is 8.78 Å². The lowest BCUT2D eigenvalue weighted by Gasteiger charge is -1.91. The highest BCUT2D eigenvalue weighted by molar-refractivity contribution is 7.80. The molecule has 0 aromatic rings. The van der Waals surface area contributed by atoms with E-state index in [4.69, 9.17) is 0 Å². The van der Waals surface area contributed by atoms with E-state index in [0.29, 0.717) is 11.3 Å². The molecule has 0 heterocycles. The summed E-state index contributed by atoms with van der Waals surface area (Å²) < 4.78 is 24.8. The highest BCUT2D eigenvalue weighted by Crippen LogP contribution is 2.08. The predicted molar refractivity (Wildman–Crippen MR) is 50.6 cm³/mol. The molecule has 0 N–H and O–H groups in total. The maximum absolute atomic E-state index is 12.7. The average molecular weight is 188 g/mol. The average Bonchev–Trinajstić information content (AvgIpc) is 1.98. The molecule has 0 aliphatic carbocycles. The van der Waals surface area contributed by atoms with Crippen LogP contribution in [0.1, 0.15) is 6.92 Å². The Labute approximate surface area is 76.4 Å². The quantitative estimate of drug-likeness (QED) is 0.392. The van der Waals surface area contributed by atoms with Crippen molar-refractivity contribution in [2.75, 3.05) is 5.75 Å². The van der Waals surface area contributed by atoms with E-state index < -0.39 is 11.7 Å². The van der Waals surface area contributed by atoms with Gasteiger partial charge in [0.15, 0.2) is 0 Å². The van der Waals surface area contributed by atoms with Crippen molar-refractivity contribution in [2.45, 2.75) is 6.92 Å². The van der Waals surface area contributed by atoms with Crippen molar-refractivity contribution in [2.24, 2.45) is 0 Å². The Morgan fingerprint density at radius 1 is 1.50 bits per heavy atom. The Hall–Kier alpha value is -0.790. The van der Waals surface area contributed by atoms with Crippen LogP contribution < -0.4 is 0 Å². The summed E-state index contributed by atoms with van der Waals surface area (Å²) in [6.07, 6.45) is 1.93. The van der Waals surface area contributed by atoms with Gasteiger partial charge in [0, 0.05) is 17.4 Å². The molecule has 12 heavy (non-hydrogen) atoms. The molecule has 66 valence electrons. The first-order chi connectivity index (χ1) is 5.60. The molecule has 0 bridgehead atoms. The third-order valence-corrected chi connectivity index (χ3v) is 1.39. The molecule has 0 atom stereocenters. The van der Waals surface area contributed by atoms with Gasteiger partial charge in [0.25, 0.3) is 0 Å². The van der Waals surface area contributed by atoms with Crippen molar-refractivity contribution in [1.82, 2.24) is 0 Å². The fourth-order valence-electron chi connectivity index (χ4n) is 0.551. The van der Waals surface area contributed by atoms with Gasteiger partial charge in [0.05, 0.1) is 5.83 Å². The Bertz CT molecular complexity index is 254. The van der Waals surface area contributed by atoms with Crippen LogP contribution in [0.15, 0.2) is 41.7 Å². The normalized spacial score (nSPS) is 12.7. The van der Waals surface area contributed by atoms with Crippen LogP contribution in [-0.2, 0) is 0 Å². The Balaban J connectivity index is 4.56. The lowest BCUT2D eigenvalue weighted by molar-refractivity contribution is 0.614. The number of hydrogen-bond donors (Lipinski definition) is 1. The van der Waals surface area contributed by atoms with Crippen molar-refractivity contribution in [3.63, 3.8) is 0 Å². The molecule has 0 nitrogen and oxygen atoms in total. The smallest absolute Gasteiger partial charge is 0.126 e. The van der Waals surface area contributed by atoms with E-state index in [-0.39, 0.29) is 0 Å². The van der Waals surface area contributed by atoms with Crippen LogP contribution in [0.25, 0.3) is 0 Å². The number of allylic oxidation sites excluding steroid dienone is 4. The van der Waals surface area contributed by atoms with Gasteiger partial charge in [0.1, 0.15) is 5.83 Å². The van der Waals surface area contributed by atoms with E-state index in [1.165, 1.54) is 6.92 Å². The van der Waals surface area contributed by atoms with Crippen molar-refractivity contribution < 1.29 is 8.78 Å². The fourth-order valence-corrected chi connectivity index (χ4v) is 0.754. The van der Waals surface area contributed by atoms with Crippen molar-refractivity contribution in [3.05, 3.63) is 41.7 Å². The maximum Gasteiger partial charge on any atom is 0.126 e. The van der Waals surface area contributed by atoms with Crippen LogP contribution >= 0.6 is 12.6 Å². The van der Waals surface area contributed by atoms with Crippen molar-refractivity contribution in [3.8, 4) is 0 Å². The van der Waals surface area contributed by atoms with Gasteiger partial charge in [-0.2, -0.15) is 12.6 Å². The summed E-state index contributed by atoms with van der Waals surface area (Å²) in [4.78, 5) is 0. The lowest BCUT2D eigenvalue weighted by atomic mass is 10.3. The standard InChI is InChI=1S/C9H10F2S/c1-3-8(6-12)5-9(11)4-7(2)10/h4-5,12H,1,6H2,2H3. The van der Waals surface area contributed by atoms with E-state index in [1.54, 1.807) is 0 Å². The zero-order valence-corrected chi connectivity index (χ0v) is 7.67. The molecule has 3 heteroatoms. The molecule has 0 aliphatic rings. The number of hydrogen-bond acceptors (Lipinski definition) is 1. The SMILES string of the molecule is C=C=C(C=C(F)C=C(C)F)CS. The lowest BCUT2D eigenvalue weighted by Crippen LogP contribution is -1.78. The molecule has 0 amide bonds. The monoisotopic (exact) mass is 188 g/mol. The van der Waals surface area contributed by atoms with Crippen LogP contribution in [-0.4, -0.2) is 5.75 Å². The third kappa shape index (κ3) is 4.94. The largest absolute Gasteiger partial charge is 0.212 e. The summed E-state index contributed by atoms with van der Waals surface area (Å²) in [7, 11) is 0. The molecule has 0 aromatic carbocycles. The Morgan fingerprint density at radius 2 is 2.08 bits per heavy atom. The highest BCUT2D eigenvalue weighted by atomic mass is 32.1. The first kappa shape index (κ1) is 11.2. The summed E-state index contributed by atoms with van der Waals surface area (Å²) in [6, 6.07) is 0. The molecule has 0 rings (SSSR count). The number of halogens is 2. The van der Waals surface area contributed by atoms with E-state index in [9.17, 15) is 8.78 Å². The van der Waals surface area contributed by atoms with E-state index in [0.717, 1.165) is 12.2 Å². The molecule has 0 radical (unpaired) electrons. The topological polar surface area (TPSA) is 0 Å². The van der Waals surface area contributed by atoms with Crippen molar-refractivity contribution >= 4 is 12.6 Å². The summed E-state index contributed by atoms with van der Waals surface area (Å²) in [5.41, 5.74) is 2.97. The molecular formula is C9H10F2S. The van der Waals surface area contributed by atoms with Gasteiger partial charge in [0.2, 0.25) is 0 Å². The van der Waals surface area contributed by atoms with Crippen LogP contribution in [0.4, 0.5) is 8.78 Å². The van der Waals surface area contributed by atoms with Gasteiger partial charge in [-0.05, 0) is 13.0 Å². The van der Waals surface area contributed by atoms with Gasteiger partial charge in [-0.15, -0.1) is 5.73 Å². The molecule has 0 saturated carbocycles. The van der Waals surface area contributed by atoms with Gasteiger partial charge < -0.3 is 0 Å². The molecule has 0 unspecified atom stereocenters. The highest BCUT2D eigenvalue weighted by Gasteiger charge is 1.93. The molecule has 0 spiro atoms. The van der Waals surface area contributed by atoms with Crippen LogP contribution in [0, 0.1) is 0 Å². The van der Waals surface area contributed by atoms with Gasteiger partial charge in [-0.3, -0.25) is 0 Å². The minimum atomic E-state index is -0.657. The minimum absolute atomic E-state index is 0.329. The second kappa shape index (κ2) is 5.81. The van der Waals surface area contributed by atoms with E-state index in [1.807, 2.05) is 0 Å². The summed E-state index contributed by atoms with van der Waals surface area (Å²) >= 11 is 3.90. The van der Waals surface area contributed by atoms with Crippen LogP contribution in [0.2, 0.25) is 0 Å². The first-order valence-electron chi connectivity index (χ1n) is 3.31. The Kier molecular flexibility index (Phi) is 5.43. The van der Waals surface area contributed by atoms with Gasteiger partial charge in [-0.1, -0.05) is 6.58 Å². The number of rotatable bonds is 3. The third-order valence-electron chi connectivity index (χ3n) is 1.05. The van der Waals surface area contributed by atoms with E-state index >= 15 is 0 Å². The second-order valence-electron chi connectivity index (χ2n) is 2.12. The maximum atomic E-state index is 12.7. The fraction of sp³-hybridized carbons (Fsp3) is 0.222. The van der Waals surface area contributed by atoms with Crippen LogP contribution in [0.3, 0.4) is 0 Å². The zero-order chi connectivity index (χ0) is 9.56. The molecular weight excluding hydrogens is 178 g/mol. The summed E-state index contributed by atoms with van der Waals surface area (Å²) in [6.45, 7) is 4.50. The molecule has 0 aromatic heterocycles. The number of thiol groups is 1. The minimum Gasteiger partial charge on any atom is -0.212 e. The summed E-state index contributed by atoms with van der Waals surface area (Å²) in [5.74, 6) is -0.905. The van der Waals surface area contributed by atoms with E-state index in [2.05, 4.69) is 24.9 Å². The Morgan fingerprint density at radius 3 is 2.42 bits per heavy atom. The van der Waals surface area contributed by atoms with Crippen molar-refractivity contribution in [1.29, 1.82) is 0 Å². The predicted octanol–water partition coefficient (Wildman–Crippen LogP) is 3.35. The second-order valence-corrected chi connectivity index (χ2v) is 2.44. The summed E-state index contributed by atoms with van der Waals surface area (Å²) in [5, 5.41) is 0. The molecule has 0 saturated heterocycles. The molecule has 0 aliphatic heterocycles. The van der Waals surface area contributed by atoms with Gasteiger partial charge >= 0.3 is 0 Å². The van der Waals surface area contributed by atoms with Crippen LogP contribution in [0.5, 0.6) is 0 Å². The molecule has 0 fully saturated rings. The first-order valence-corrected chi connectivity index (χ1v) is 3.94.